The second-order valence-electron chi connectivity index (χ2n) is 2.46. The number of halogens is 1. The maximum atomic E-state index is 10.4. The molecule has 0 amide bonds. The standard InChI is InChI=1S/C7H8ClN3O2/c8-5-2-6(10)4(3-9)1-7(5)11(12)13/h1-2H,3,9-10H2. The minimum Gasteiger partial charge on any atom is -0.398 e. The maximum absolute atomic E-state index is 10.4. The zero-order chi connectivity index (χ0) is 10.0. The predicted molar refractivity (Wildman–Crippen MR) is 50.4 cm³/mol. The van der Waals surface area contributed by atoms with E-state index in [4.69, 9.17) is 23.1 Å². The molecule has 5 nitrogen and oxygen atoms in total. The fourth-order valence-corrected chi connectivity index (χ4v) is 1.18. The van der Waals surface area contributed by atoms with Gasteiger partial charge < -0.3 is 11.5 Å². The first-order chi connectivity index (χ1) is 6.06. The first kappa shape index (κ1) is 9.76. The van der Waals surface area contributed by atoms with Gasteiger partial charge in [-0.1, -0.05) is 11.6 Å². The number of anilines is 1. The lowest BCUT2D eigenvalue weighted by atomic mass is 10.1. The molecule has 0 aromatic heterocycles. The fraction of sp³-hybridized carbons (Fsp3) is 0.143. The van der Waals surface area contributed by atoms with E-state index in [9.17, 15) is 10.1 Å². The van der Waals surface area contributed by atoms with Crippen molar-refractivity contribution in [2.24, 2.45) is 5.73 Å². The Bertz CT molecular complexity index is 354. The van der Waals surface area contributed by atoms with Crippen LogP contribution in [0, 0.1) is 10.1 Å². The minimum absolute atomic E-state index is 0.0275. The van der Waals surface area contributed by atoms with Crippen molar-refractivity contribution in [3.8, 4) is 0 Å². The Morgan fingerprint density at radius 2 is 2.15 bits per heavy atom. The molecule has 0 bridgehead atoms. The van der Waals surface area contributed by atoms with Gasteiger partial charge in [-0.25, -0.2) is 0 Å². The van der Waals surface area contributed by atoms with Crippen LogP contribution in [0.1, 0.15) is 5.56 Å². The van der Waals surface area contributed by atoms with Gasteiger partial charge in [0.15, 0.2) is 0 Å². The van der Waals surface area contributed by atoms with Crippen LogP contribution in [0.5, 0.6) is 0 Å². The highest BCUT2D eigenvalue weighted by atomic mass is 35.5. The molecule has 0 aliphatic rings. The van der Waals surface area contributed by atoms with Crippen LogP contribution in [0.3, 0.4) is 0 Å². The summed E-state index contributed by atoms with van der Waals surface area (Å²) in [5, 5.41) is 10.5. The SMILES string of the molecule is NCc1cc([N+](=O)[O-])c(Cl)cc1N. The average Bonchev–Trinajstić information content (AvgIpc) is 2.03. The van der Waals surface area contributed by atoms with Gasteiger partial charge in [-0.3, -0.25) is 10.1 Å². The molecule has 0 aliphatic heterocycles. The number of nitrogens with zero attached hydrogens (tertiary/aromatic N) is 1. The fourth-order valence-electron chi connectivity index (χ4n) is 0.937. The Kier molecular flexibility index (Phi) is 2.69. The van der Waals surface area contributed by atoms with E-state index >= 15 is 0 Å². The topological polar surface area (TPSA) is 95.2 Å². The van der Waals surface area contributed by atoms with Gasteiger partial charge in [0.1, 0.15) is 5.02 Å². The Morgan fingerprint density at radius 3 is 2.62 bits per heavy atom. The number of nitro groups is 1. The number of hydrogen-bond acceptors (Lipinski definition) is 4. The van der Waals surface area contributed by atoms with Crippen molar-refractivity contribution in [1.82, 2.24) is 0 Å². The number of nitro benzene ring substituents is 1. The Morgan fingerprint density at radius 1 is 1.54 bits per heavy atom. The Labute approximate surface area is 79.4 Å². The second kappa shape index (κ2) is 3.59. The van der Waals surface area contributed by atoms with E-state index in [2.05, 4.69) is 0 Å². The van der Waals surface area contributed by atoms with E-state index in [0.29, 0.717) is 11.3 Å². The minimum atomic E-state index is -0.569. The van der Waals surface area contributed by atoms with Crippen LogP contribution in [0.25, 0.3) is 0 Å². The van der Waals surface area contributed by atoms with Gasteiger partial charge in [0.05, 0.1) is 4.92 Å². The largest absolute Gasteiger partial charge is 0.398 e. The van der Waals surface area contributed by atoms with E-state index in [1.807, 2.05) is 0 Å². The van der Waals surface area contributed by atoms with Crippen LogP contribution < -0.4 is 11.5 Å². The van der Waals surface area contributed by atoms with Crippen molar-refractivity contribution in [2.75, 3.05) is 5.73 Å². The van der Waals surface area contributed by atoms with Crippen LogP contribution in [-0.4, -0.2) is 4.92 Å². The van der Waals surface area contributed by atoms with Gasteiger partial charge in [-0.05, 0) is 11.6 Å². The molecule has 0 heterocycles. The molecule has 1 aromatic carbocycles. The molecule has 1 rings (SSSR count). The third kappa shape index (κ3) is 1.88. The first-order valence-corrected chi connectivity index (χ1v) is 3.86. The zero-order valence-corrected chi connectivity index (χ0v) is 7.41. The first-order valence-electron chi connectivity index (χ1n) is 3.48. The number of hydrogen-bond donors (Lipinski definition) is 2. The molecule has 6 heteroatoms. The third-order valence-corrected chi connectivity index (χ3v) is 1.93. The molecule has 70 valence electrons. The molecule has 0 atom stereocenters. The lowest BCUT2D eigenvalue weighted by Gasteiger charge is -2.03. The highest BCUT2D eigenvalue weighted by molar-refractivity contribution is 6.33. The molecule has 13 heavy (non-hydrogen) atoms. The smallest absolute Gasteiger partial charge is 0.288 e. The highest BCUT2D eigenvalue weighted by Gasteiger charge is 2.14. The third-order valence-electron chi connectivity index (χ3n) is 1.63. The summed E-state index contributed by atoms with van der Waals surface area (Å²) < 4.78 is 0. The quantitative estimate of drug-likeness (QED) is 0.428. The predicted octanol–water partition coefficient (Wildman–Crippen LogP) is 1.29. The van der Waals surface area contributed by atoms with Crippen LogP contribution in [0.2, 0.25) is 5.02 Å². The van der Waals surface area contributed by atoms with Crippen LogP contribution in [0.4, 0.5) is 11.4 Å². The lowest BCUT2D eigenvalue weighted by molar-refractivity contribution is -0.384. The molecule has 0 fully saturated rings. The van der Waals surface area contributed by atoms with Gasteiger partial charge in [0.25, 0.3) is 5.69 Å². The van der Waals surface area contributed by atoms with E-state index in [1.54, 1.807) is 0 Å². The normalized spacial score (nSPS) is 10.0. The summed E-state index contributed by atoms with van der Waals surface area (Å²) in [4.78, 5) is 9.87. The summed E-state index contributed by atoms with van der Waals surface area (Å²) in [5.41, 5.74) is 11.6. The van der Waals surface area contributed by atoms with Gasteiger partial charge >= 0.3 is 0 Å². The van der Waals surface area contributed by atoms with E-state index < -0.39 is 4.92 Å². The summed E-state index contributed by atoms with van der Waals surface area (Å²) in [6.45, 7) is 0.157. The number of rotatable bonds is 2. The molecule has 0 spiro atoms. The second-order valence-corrected chi connectivity index (χ2v) is 2.87. The van der Waals surface area contributed by atoms with Crippen molar-refractivity contribution in [3.63, 3.8) is 0 Å². The van der Waals surface area contributed by atoms with Crippen molar-refractivity contribution in [3.05, 3.63) is 32.8 Å². The van der Waals surface area contributed by atoms with Crippen molar-refractivity contribution >= 4 is 23.0 Å². The molecule has 0 saturated heterocycles. The van der Waals surface area contributed by atoms with E-state index in [1.165, 1.54) is 12.1 Å². The summed E-state index contributed by atoms with van der Waals surface area (Å²) in [6.07, 6.45) is 0. The molecule has 0 aliphatic carbocycles. The molecule has 0 unspecified atom stereocenters. The molecule has 1 aromatic rings. The molecule has 4 N–H and O–H groups in total. The van der Waals surface area contributed by atoms with Gasteiger partial charge in [-0.15, -0.1) is 0 Å². The van der Waals surface area contributed by atoms with Gasteiger partial charge in [-0.2, -0.15) is 0 Å². The zero-order valence-electron chi connectivity index (χ0n) is 6.66. The highest BCUT2D eigenvalue weighted by Crippen LogP contribution is 2.28. The monoisotopic (exact) mass is 201 g/mol. The summed E-state index contributed by atoms with van der Waals surface area (Å²) in [7, 11) is 0. The number of nitrogen functional groups attached to an aromatic ring is 1. The Balaban J connectivity index is 3.30. The number of nitrogens with two attached hydrogens (primary N) is 2. The average molecular weight is 202 g/mol. The molecule has 0 saturated carbocycles. The lowest BCUT2D eigenvalue weighted by Crippen LogP contribution is -2.03. The van der Waals surface area contributed by atoms with Crippen molar-refractivity contribution < 1.29 is 4.92 Å². The van der Waals surface area contributed by atoms with Crippen LogP contribution in [-0.2, 0) is 6.54 Å². The van der Waals surface area contributed by atoms with E-state index in [-0.39, 0.29) is 17.3 Å². The summed E-state index contributed by atoms with van der Waals surface area (Å²) in [5.74, 6) is 0. The summed E-state index contributed by atoms with van der Waals surface area (Å²) in [6, 6.07) is 2.62. The van der Waals surface area contributed by atoms with Crippen molar-refractivity contribution in [2.45, 2.75) is 6.54 Å². The van der Waals surface area contributed by atoms with Crippen LogP contribution >= 0.6 is 11.6 Å². The van der Waals surface area contributed by atoms with Crippen molar-refractivity contribution in [1.29, 1.82) is 0 Å². The molecular formula is C7H8ClN3O2. The van der Waals surface area contributed by atoms with E-state index in [0.717, 1.165) is 0 Å². The maximum Gasteiger partial charge on any atom is 0.288 e. The Hall–Kier alpha value is -1.33. The number of benzene rings is 1. The molecule has 0 radical (unpaired) electrons. The molecular weight excluding hydrogens is 194 g/mol. The summed E-state index contributed by atoms with van der Waals surface area (Å²) >= 11 is 5.59. The van der Waals surface area contributed by atoms with Gasteiger partial charge in [0, 0.05) is 18.3 Å². The van der Waals surface area contributed by atoms with Crippen LogP contribution in [0.15, 0.2) is 12.1 Å². The van der Waals surface area contributed by atoms with Gasteiger partial charge in [0.2, 0.25) is 0 Å².